The monoisotopic (exact) mass is 452 g/mol. The average Bonchev–Trinajstić information content (AvgIpc) is 3.25. The van der Waals surface area contributed by atoms with Gasteiger partial charge >= 0.3 is 0 Å². The molecule has 1 saturated heterocycles. The Morgan fingerprint density at radius 1 is 1.09 bits per heavy atom. The molecule has 0 radical (unpaired) electrons. The van der Waals surface area contributed by atoms with Crippen LogP contribution in [0.2, 0.25) is 0 Å². The summed E-state index contributed by atoms with van der Waals surface area (Å²) in [5.41, 5.74) is 2.64. The molecular formula is C24H32N6OS. The van der Waals surface area contributed by atoms with Crippen LogP contribution in [0.5, 0.6) is 0 Å². The maximum Gasteiger partial charge on any atom is 0.229 e. The van der Waals surface area contributed by atoms with Crippen LogP contribution < -0.4 is 15.5 Å². The maximum atomic E-state index is 10.3. The second-order valence-corrected chi connectivity index (χ2v) is 10.3. The maximum absolute atomic E-state index is 10.3. The smallest absolute Gasteiger partial charge is 0.229 e. The van der Waals surface area contributed by atoms with Crippen LogP contribution in [0, 0.1) is 0 Å². The molecule has 1 aromatic carbocycles. The van der Waals surface area contributed by atoms with Gasteiger partial charge in [-0.15, -0.1) is 11.3 Å². The Kier molecular flexibility index (Phi) is 5.92. The molecule has 3 N–H and O–H groups in total. The molecule has 7 nitrogen and oxygen atoms in total. The van der Waals surface area contributed by atoms with Gasteiger partial charge in [-0.25, -0.2) is 4.98 Å². The fourth-order valence-corrected chi connectivity index (χ4v) is 5.35. The Balaban J connectivity index is 1.34. The zero-order valence-electron chi connectivity index (χ0n) is 18.8. The Labute approximate surface area is 193 Å². The largest absolute Gasteiger partial charge is 0.390 e. The second kappa shape index (κ2) is 8.84. The lowest BCUT2D eigenvalue weighted by molar-refractivity contribution is 0.0196. The molecule has 3 aromatic rings. The number of aliphatic hydroxyl groups is 1. The number of rotatable bonds is 5. The fourth-order valence-electron chi connectivity index (χ4n) is 4.57. The molecule has 0 atom stereocenters. The SMILES string of the molecule is CN1CCN(c2cccc(Nc3nc(NC4CCC(C)(O)CC4)c4sccc4n3)c2)CC1. The summed E-state index contributed by atoms with van der Waals surface area (Å²) in [7, 11) is 2.18. The van der Waals surface area contributed by atoms with Crippen LogP contribution in [0.15, 0.2) is 35.7 Å². The standard InChI is InChI=1S/C24H32N6OS/c1-24(31)9-6-17(7-10-24)25-22-21-20(8-15-32-21)27-23(28-22)26-18-4-3-5-19(16-18)30-13-11-29(2)12-14-30/h3-5,8,15-17,31H,6-7,9-14H2,1-2H3,(H2,25,26,27,28). The third kappa shape index (κ3) is 4.82. The Morgan fingerprint density at radius 2 is 1.88 bits per heavy atom. The average molecular weight is 453 g/mol. The summed E-state index contributed by atoms with van der Waals surface area (Å²) < 4.78 is 1.08. The molecule has 2 aliphatic rings. The highest BCUT2D eigenvalue weighted by molar-refractivity contribution is 7.17. The summed E-state index contributed by atoms with van der Waals surface area (Å²) in [4.78, 5) is 14.4. The highest BCUT2D eigenvalue weighted by Crippen LogP contribution is 2.33. The Morgan fingerprint density at radius 3 is 2.66 bits per heavy atom. The molecule has 0 bridgehead atoms. The number of nitrogens with one attached hydrogen (secondary N) is 2. The van der Waals surface area contributed by atoms with E-state index in [0.29, 0.717) is 12.0 Å². The number of likely N-dealkylation sites (N-methyl/N-ethyl adjacent to an activating group) is 1. The predicted octanol–water partition coefficient (Wildman–Crippen LogP) is 4.29. The van der Waals surface area contributed by atoms with Crippen LogP contribution in [0.3, 0.4) is 0 Å². The molecule has 5 rings (SSSR count). The molecule has 0 spiro atoms. The minimum atomic E-state index is -0.538. The second-order valence-electron chi connectivity index (χ2n) is 9.41. The number of thiophene rings is 1. The lowest BCUT2D eigenvalue weighted by Crippen LogP contribution is -2.44. The van der Waals surface area contributed by atoms with Crippen LogP contribution in [0.25, 0.3) is 10.2 Å². The first kappa shape index (κ1) is 21.4. The molecule has 1 aliphatic carbocycles. The highest BCUT2D eigenvalue weighted by atomic mass is 32.1. The van der Waals surface area contributed by atoms with Crippen LogP contribution in [0.4, 0.5) is 23.1 Å². The van der Waals surface area contributed by atoms with Gasteiger partial charge in [0.2, 0.25) is 5.95 Å². The number of benzene rings is 1. The van der Waals surface area contributed by atoms with E-state index in [2.05, 4.69) is 57.1 Å². The molecule has 2 fully saturated rings. The van der Waals surface area contributed by atoms with Gasteiger partial charge in [0, 0.05) is 43.6 Å². The summed E-state index contributed by atoms with van der Waals surface area (Å²) in [6.45, 7) is 6.19. The number of aromatic nitrogens is 2. The molecule has 0 unspecified atom stereocenters. The minimum Gasteiger partial charge on any atom is -0.390 e. The minimum absolute atomic E-state index is 0.323. The van der Waals surface area contributed by atoms with Gasteiger partial charge in [0.25, 0.3) is 0 Å². The number of anilines is 4. The topological polar surface area (TPSA) is 76.5 Å². The molecule has 170 valence electrons. The zero-order chi connectivity index (χ0) is 22.1. The highest BCUT2D eigenvalue weighted by Gasteiger charge is 2.29. The van der Waals surface area contributed by atoms with E-state index in [9.17, 15) is 5.11 Å². The van der Waals surface area contributed by atoms with Crippen molar-refractivity contribution < 1.29 is 5.11 Å². The molecule has 32 heavy (non-hydrogen) atoms. The number of fused-ring (bicyclic) bond motifs is 1. The van der Waals surface area contributed by atoms with Gasteiger partial charge in [0.1, 0.15) is 5.82 Å². The van der Waals surface area contributed by atoms with Crippen molar-refractivity contribution in [1.82, 2.24) is 14.9 Å². The van der Waals surface area contributed by atoms with Crippen LogP contribution in [-0.2, 0) is 0 Å². The van der Waals surface area contributed by atoms with E-state index >= 15 is 0 Å². The quantitative estimate of drug-likeness (QED) is 0.533. The first-order chi connectivity index (χ1) is 15.4. The van der Waals surface area contributed by atoms with Crippen molar-refractivity contribution in [3.63, 3.8) is 0 Å². The van der Waals surface area contributed by atoms with Gasteiger partial charge in [-0.2, -0.15) is 4.98 Å². The molecule has 2 aromatic heterocycles. The third-order valence-electron chi connectivity index (χ3n) is 6.68. The molecule has 0 amide bonds. The van der Waals surface area contributed by atoms with Gasteiger partial charge < -0.3 is 25.5 Å². The summed E-state index contributed by atoms with van der Waals surface area (Å²) in [6, 6.07) is 10.9. The molecule has 8 heteroatoms. The summed E-state index contributed by atoms with van der Waals surface area (Å²) >= 11 is 1.66. The van der Waals surface area contributed by atoms with Crippen molar-refractivity contribution in [3.8, 4) is 0 Å². The fraction of sp³-hybridized carbons (Fsp3) is 0.500. The van der Waals surface area contributed by atoms with Gasteiger partial charge in [-0.05, 0) is 69.3 Å². The van der Waals surface area contributed by atoms with Gasteiger partial charge in [-0.3, -0.25) is 0 Å². The van der Waals surface area contributed by atoms with Crippen LogP contribution in [-0.4, -0.2) is 64.8 Å². The first-order valence-corrected chi connectivity index (χ1v) is 12.4. The molecule has 3 heterocycles. The molecule has 1 saturated carbocycles. The van der Waals surface area contributed by atoms with E-state index in [1.54, 1.807) is 11.3 Å². The normalized spacial score (nSPS) is 24.6. The summed E-state index contributed by atoms with van der Waals surface area (Å²) in [5, 5.41) is 19.4. The number of nitrogens with zero attached hydrogens (tertiary/aromatic N) is 4. The number of hydrogen-bond acceptors (Lipinski definition) is 8. The van der Waals surface area contributed by atoms with Crippen molar-refractivity contribution in [2.45, 2.75) is 44.2 Å². The number of hydrogen-bond donors (Lipinski definition) is 3. The van der Waals surface area contributed by atoms with Crippen molar-refractivity contribution >= 4 is 44.7 Å². The van der Waals surface area contributed by atoms with E-state index in [1.807, 2.05) is 13.0 Å². The zero-order valence-corrected chi connectivity index (χ0v) is 19.7. The predicted molar refractivity (Wildman–Crippen MR) is 133 cm³/mol. The van der Waals surface area contributed by atoms with Crippen molar-refractivity contribution in [2.75, 3.05) is 48.8 Å². The molecule has 1 aliphatic heterocycles. The van der Waals surface area contributed by atoms with E-state index in [1.165, 1.54) is 5.69 Å². The van der Waals surface area contributed by atoms with Crippen LogP contribution >= 0.6 is 11.3 Å². The Bertz CT molecular complexity index is 1070. The lowest BCUT2D eigenvalue weighted by atomic mass is 9.84. The van der Waals surface area contributed by atoms with Gasteiger partial charge in [-0.1, -0.05) is 6.07 Å². The Hall–Kier alpha value is -2.42. The molecular weight excluding hydrogens is 420 g/mol. The van der Waals surface area contributed by atoms with Crippen molar-refractivity contribution in [2.24, 2.45) is 0 Å². The summed E-state index contributed by atoms with van der Waals surface area (Å²) in [5.74, 6) is 1.49. The lowest BCUT2D eigenvalue weighted by Gasteiger charge is -2.34. The number of piperazine rings is 1. The third-order valence-corrected chi connectivity index (χ3v) is 7.59. The first-order valence-electron chi connectivity index (χ1n) is 11.5. The van der Waals surface area contributed by atoms with E-state index in [-0.39, 0.29) is 0 Å². The van der Waals surface area contributed by atoms with Gasteiger partial charge in [0.15, 0.2) is 0 Å². The van der Waals surface area contributed by atoms with Gasteiger partial charge in [0.05, 0.1) is 15.8 Å². The van der Waals surface area contributed by atoms with Crippen LogP contribution in [0.1, 0.15) is 32.6 Å². The summed E-state index contributed by atoms with van der Waals surface area (Å²) in [6.07, 6.45) is 3.51. The van der Waals surface area contributed by atoms with Crippen molar-refractivity contribution in [3.05, 3.63) is 35.7 Å². The van der Waals surface area contributed by atoms with E-state index in [0.717, 1.165) is 73.6 Å². The van der Waals surface area contributed by atoms with E-state index < -0.39 is 5.60 Å². The van der Waals surface area contributed by atoms with Crippen molar-refractivity contribution in [1.29, 1.82) is 0 Å². The van der Waals surface area contributed by atoms with E-state index in [4.69, 9.17) is 9.97 Å².